The Kier molecular flexibility index (Phi) is 8.80. The number of aryl methyl sites for hydroxylation is 1. The summed E-state index contributed by atoms with van der Waals surface area (Å²) in [6.45, 7) is 5.96. The number of nitrogens with zero attached hydrogens (tertiary/aromatic N) is 8. The van der Waals surface area contributed by atoms with Gasteiger partial charge in [0.1, 0.15) is 17.2 Å². The number of rotatable bonds is 12. The second-order valence-electron chi connectivity index (χ2n) is 9.89. The summed E-state index contributed by atoms with van der Waals surface area (Å²) in [7, 11) is 0. The minimum atomic E-state index is -2.59. The number of Topliss-reactive ketones (excluding diaryl/α,β-unsaturated/α-hetero) is 1. The molecular formula is C28H30F2N10O2S. The van der Waals surface area contributed by atoms with Crippen LogP contribution in [0.1, 0.15) is 78.0 Å². The van der Waals surface area contributed by atoms with Gasteiger partial charge >= 0.3 is 0 Å². The van der Waals surface area contributed by atoms with Crippen LogP contribution in [-0.2, 0) is 6.42 Å². The Labute approximate surface area is 249 Å². The number of carbonyl (C=O) groups is 2. The minimum Gasteiger partial charge on any atom is -0.383 e. The van der Waals surface area contributed by atoms with Crippen LogP contribution < -0.4 is 5.73 Å². The van der Waals surface area contributed by atoms with Crippen molar-refractivity contribution in [1.82, 2.24) is 44.6 Å². The zero-order valence-corrected chi connectivity index (χ0v) is 24.6. The molecule has 0 fully saturated rings. The van der Waals surface area contributed by atoms with E-state index in [9.17, 15) is 18.4 Å². The number of nitrogen functional groups attached to an aromatic ring is 1. The molecule has 15 heteroatoms. The average Bonchev–Trinajstić information content (AvgIpc) is 3.78. The molecule has 0 aromatic carbocycles. The zero-order chi connectivity index (χ0) is 30.7. The van der Waals surface area contributed by atoms with Gasteiger partial charge in [0.15, 0.2) is 11.4 Å². The third-order valence-electron chi connectivity index (χ3n) is 7.10. The number of amides is 1. The molecule has 12 nitrogen and oxygen atoms in total. The van der Waals surface area contributed by atoms with Crippen molar-refractivity contribution in [1.29, 1.82) is 0 Å². The number of pyridine rings is 1. The van der Waals surface area contributed by atoms with E-state index in [1.54, 1.807) is 29.4 Å². The quantitative estimate of drug-likeness (QED) is 0.185. The van der Waals surface area contributed by atoms with Crippen LogP contribution in [0.4, 0.5) is 14.6 Å². The highest BCUT2D eigenvalue weighted by Crippen LogP contribution is 2.32. The molecule has 0 saturated carbocycles. The number of hydrogen-bond donors (Lipinski definition) is 2. The number of nitrogens with one attached hydrogen (secondary N) is 1. The molecule has 0 saturated heterocycles. The summed E-state index contributed by atoms with van der Waals surface area (Å²) in [6.07, 6.45) is 5.46. The average molecular weight is 609 g/mol. The molecule has 0 aliphatic carbocycles. The molecule has 43 heavy (non-hydrogen) atoms. The summed E-state index contributed by atoms with van der Waals surface area (Å²) in [5.41, 5.74) is 9.47. The van der Waals surface area contributed by atoms with Gasteiger partial charge in [-0.25, -0.2) is 23.7 Å². The second kappa shape index (κ2) is 12.7. The molecule has 3 N–H and O–H groups in total. The second-order valence-corrected chi connectivity index (χ2v) is 11.0. The Balaban J connectivity index is 1.46. The number of nitrogens with two attached hydrogens (primary N) is 1. The number of thiazole rings is 1. The van der Waals surface area contributed by atoms with Crippen LogP contribution in [0.25, 0.3) is 27.5 Å². The number of aromatic amines is 1. The highest BCUT2D eigenvalue weighted by Gasteiger charge is 2.27. The van der Waals surface area contributed by atoms with E-state index in [0.717, 1.165) is 24.0 Å². The van der Waals surface area contributed by atoms with Gasteiger partial charge in [0.25, 0.3) is 12.3 Å². The van der Waals surface area contributed by atoms with Gasteiger partial charge in [-0.15, -0.1) is 16.4 Å². The third kappa shape index (κ3) is 5.98. The first-order valence-electron chi connectivity index (χ1n) is 13.8. The lowest BCUT2D eigenvalue weighted by Gasteiger charge is -2.30. The van der Waals surface area contributed by atoms with Crippen molar-refractivity contribution in [3.63, 3.8) is 0 Å². The summed E-state index contributed by atoms with van der Waals surface area (Å²) < 4.78 is 27.4. The van der Waals surface area contributed by atoms with Gasteiger partial charge in [-0.2, -0.15) is 9.61 Å². The molecule has 224 valence electrons. The number of alkyl halides is 2. The van der Waals surface area contributed by atoms with Gasteiger partial charge in [-0.3, -0.25) is 19.7 Å². The van der Waals surface area contributed by atoms with Crippen LogP contribution in [0.2, 0.25) is 0 Å². The van der Waals surface area contributed by atoms with Gasteiger partial charge in [-0.05, 0) is 38.7 Å². The van der Waals surface area contributed by atoms with Crippen molar-refractivity contribution in [2.45, 2.75) is 58.9 Å². The van der Waals surface area contributed by atoms with E-state index >= 15 is 0 Å². The maximum Gasteiger partial charge on any atom is 0.293 e. The van der Waals surface area contributed by atoms with E-state index in [2.05, 4.69) is 30.2 Å². The molecule has 0 aliphatic heterocycles. The Morgan fingerprint density at radius 2 is 1.95 bits per heavy atom. The lowest BCUT2D eigenvalue weighted by Crippen LogP contribution is -2.41. The van der Waals surface area contributed by atoms with Crippen LogP contribution in [-0.4, -0.2) is 68.9 Å². The Hall–Kier alpha value is -4.66. The summed E-state index contributed by atoms with van der Waals surface area (Å²) in [5, 5.41) is 11.3. The van der Waals surface area contributed by atoms with E-state index in [-0.39, 0.29) is 39.8 Å². The highest BCUT2D eigenvalue weighted by molar-refractivity contribution is 7.15. The number of aromatic nitrogens is 8. The fourth-order valence-electron chi connectivity index (χ4n) is 5.03. The smallest absolute Gasteiger partial charge is 0.293 e. The van der Waals surface area contributed by atoms with Crippen LogP contribution in [0.5, 0.6) is 0 Å². The maximum absolute atomic E-state index is 13.2. The van der Waals surface area contributed by atoms with E-state index in [1.807, 2.05) is 13.8 Å². The van der Waals surface area contributed by atoms with Gasteiger partial charge < -0.3 is 10.6 Å². The molecule has 0 spiro atoms. The van der Waals surface area contributed by atoms with Crippen molar-refractivity contribution in [3.05, 3.63) is 59.0 Å². The predicted molar refractivity (Wildman–Crippen MR) is 157 cm³/mol. The van der Waals surface area contributed by atoms with Crippen molar-refractivity contribution in [3.8, 4) is 21.8 Å². The predicted octanol–water partition coefficient (Wildman–Crippen LogP) is 5.02. The molecule has 0 bridgehead atoms. The fourth-order valence-corrected chi connectivity index (χ4v) is 5.78. The molecule has 0 radical (unpaired) electrons. The molecule has 1 atom stereocenters. The maximum atomic E-state index is 13.2. The first-order chi connectivity index (χ1) is 20.7. The molecule has 5 heterocycles. The molecule has 5 aromatic heterocycles. The molecule has 1 amide bonds. The van der Waals surface area contributed by atoms with Crippen molar-refractivity contribution in [2.24, 2.45) is 0 Å². The Morgan fingerprint density at radius 1 is 1.14 bits per heavy atom. The van der Waals surface area contributed by atoms with E-state index < -0.39 is 6.43 Å². The number of anilines is 1. The van der Waals surface area contributed by atoms with Crippen LogP contribution in [0.15, 0.2) is 37.1 Å². The molecule has 5 rings (SSSR count). The van der Waals surface area contributed by atoms with E-state index in [4.69, 9.17) is 10.7 Å². The largest absolute Gasteiger partial charge is 0.383 e. The van der Waals surface area contributed by atoms with Crippen LogP contribution >= 0.6 is 11.3 Å². The van der Waals surface area contributed by atoms with Gasteiger partial charge in [-0.1, -0.05) is 19.9 Å². The monoisotopic (exact) mass is 608 g/mol. The standard InChI is InChI=1S/C28H30F2N10O2S/c1-4-10-39(28(42)25-34-14-35-38-25)17(5-2)7-9-19-22(15(3)41)24(31)40-26(37-19)18(12-36-40)16-6-8-20(32-11-16)27-33-13-21(43-27)23(29)30/h6,8,11-14,17,23H,4-5,7,9-10,31H2,1-3H3,(H,34,35,38)/t17-/m1/s1. The van der Waals surface area contributed by atoms with E-state index in [0.29, 0.717) is 59.0 Å². The normalized spacial score (nSPS) is 12.2. The number of H-pyrrole nitrogens is 1. The van der Waals surface area contributed by atoms with Crippen LogP contribution in [0.3, 0.4) is 0 Å². The topological polar surface area (TPSA) is 161 Å². The SMILES string of the molecule is CCCN(C(=O)c1nc[nH]n1)[C@H](CC)CCc1nc2c(-c3ccc(-c4ncc(C(F)F)s4)nc3)cnn2c(N)c1C(C)=O. The summed E-state index contributed by atoms with van der Waals surface area (Å²) in [4.78, 5) is 44.9. The molecular weight excluding hydrogens is 578 g/mol. The first kappa shape index (κ1) is 29.8. The van der Waals surface area contributed by atoms with Crippen molar-refractivity contribution >= 4 is 34.5 Å². The molecule has 0 aliphatic rings. The van der Waals surface area contributed by atoms with Crippen LogP contribution in [0, 0.1) is 0 Å². The zero-order valence-electron chi connectivity index (χ0n) is 23.8. The summed E-state index contributed by atoms with van der Waals surface area (Å²) in [6, 6.07) is 3.33. The van der Waals surface area contributed by atoms with Crippen molar-refractivity contribution < 1.29 is 18.4 Å². The van der Waals surface area contributed by atoms with Crippen molar-refractivity contribution in [2.75, 3.05) is 12.3 Å². The molecule has 0 unspecified atom stereocenters. The number of hydrogen-bond acceptors (Lipinski definition) is 10. The number of halogens is 2. The lowest BCUT2D eigenvalue weighted by molar-refractivity contribution is 0.0650. The highest BCUT2D eigenvalue weighted by atomic mass is 32.1. The third-order valence-corrected chi connectivity index (χ3v) is 8.13. The number of fused-ring (bicyclic) bond motifs is 1. The first-order valence-corrected chi connectivity index (χ1v) is 14.6. The summed E-state index contributed by atoms with van der Waals surface area (Å²) in [5.74, 6) is -0.234. The van der Waals surface area contributed by atoms with E-state index in [1.165, 1.54) is 17.8 Å². The molecule has 5 aromatic rings. The Bertz CT molecular complexity index is 1730. The van der Waals surface area contributed by atoms with Gasteiger partial charge in [0.2, 0.25) is 5.82 Å². The van der Waals surface area contributed by atoms with Gasteiger partial charge in [0, 0.05) is 36.1 Å². The summed E-state index contributed by atoms with van der Waals surface area (Å²) >= 11 is 0.890. The number of ketones is 1. The number of carbonyl (C=O) groups excluding carboxylic acids is 2. The Morgan fingerprint density at radius 3 is 2.56 bits per heavy atom. The fraction of sp³-hybridized carbons (Fsp3) is 0.357. The minimum absolute atomic E-state index is 0.105. The van der Waals surface area contributed by atoms with Gasteiger partial charge in [0.05, 0.1) is 28.0 Å². The lowest BCUT2D eigenvalue weighted by atomic mass is 10.0.